The van der Waals surface area contributed by atoms with Crippen LogP contribution in [-0.4, -0.2) is 23.2 Å². The number of H-pyrrole nitrogens is 1. The number of para-hydroxylation sites is 1. The molecule has 1 aromatic heterocycles. The Morgan fingerprint density at radius 3 is 3.07 bits per heavy atom. The van der Waals surface area contributed by atoms with Gasteiger partial charge in [0.15, 0.2) is 0 Å². The molecule has 0 saturated carbocycles. The van der Waals surface area contributed by atoms with Gasteiger partial charge in [0.2, 0.25) is 5.95 Å². The summed E-state index contributed by atoms with van der Waals surface area (Å²) in [6, 6.07) is 5.63. The number of aromatic nitrogens is 2. The Morgan fingerprint density at radius 1 is 1.60 bits per heavy atom. The number of methoxy groups -OCH3 is 1. The summed E-state index contributed by atoms with van der Waals surface area (Å²) in [5.74, 6) is 0.365. The summed E-state index contributed by atoms with van der Waals surface area (Å²) in [6.45, 7) is 0. The van der Waals surface area contributed by atoms with E-state index in [9.17, 15) is 4.79 Å². The van der Waals surface area contributed by atoms with Crippen LogP contribution in [0.15, 0.2) is 22.7 Å². The molecule has 0 aliphatic heterocycles. The number of rotatable bonds is 1. The molecule has 1 aromatic carbocycles. The molecule has 5 nitrogen and oxygen atoms in total. The summed E-state index contributed by atoms with van der Waals surface area (Å²) in [6.07, 6.45) is -0.551. The van der Waals surface area contributed by atoms with Crippen molar-refractivity contribution >= 4 is 39.0 Å². The van der Waals surface area contributed by atoms with E-state index in [2.05, 4.69) is 36.0 Å². The van der Waals surface area contributed by atoms with Gasteiger partial charge >= 0.3 is 6.09 Å². The quantitative estimate of drug-likeness (QED) is 0.836. The van der Waals surface area contributed by atoms with Crippen LogP contribution in [0.25, 0.3) is 11.0 Å². The second-order valence-electron chi connectivity index (χ2n) is 2.84. The van der Waals surface area contributed by atoms with E-state index >= 15 is 0 Å². The standard InChI is InChI=1S/C9H8BrN3O2/c1-15-9(14)13-8-11-6-4-2-3-5(10)7(6)12-8/h2-4H,1H3,(H2,11,12,13,14). The molecule has 0 atom stereocenters. The van der Waals surface area contributed by atoms with E-state index in [1.807, 2.05) is 18.2 Å². The number of hydrogen-bond donors (Lipinski definition) is 2. The summed E-state index contributed by atoms with van der Waals surface area (Å²) in [5.41, 5.74) is 1.61. The normalized spacial score (nSPS) is 10.3. The molecule has 0 bridgehead atoms. The van der Waals surface area contributed by atoms with Gasteiger partial charge in [0.05, 0.1) is 12.6 Å². The second-order valence-corrected chi connectivity index (χ2v) is 3.69. The molecule has 0 aliphatic carbocycles. The first-order valence-electron chi connectivity index (χ1n) is 4.20. The SMILES string of the molecule is COC(=O)Nc1nc2c(Br)cccc2[nH]1. The number of halogens is 1. The van der Waals surface area contributed by atoms with Crippen LogP contribution in [0.2, 0.25) is 0 Å². The van der Waals surface area contributed by atoms with Crippen LogP contribution in [0.5, 0.6) is 0 Å². The topological polar surface area (TPSA) is 67.0 Å². The van der Waals surface area contributed by atoms with Crippen LogP contribution in [-0.2, 0) is 4.74 Å². The first kappa shape index (κ1) is 9.97. The van der Waals surface area contributed by atoms with Crippen LogP contribution >= 0.6 is 15.9 Å². The third kappa shape index (κ3) is 1.94. The first-order valence-corrected chi connectivity index (χ1v) is 4.99. The maximum atomic E-state index is 10.9. The summed E-state index contributed by atoms with van der Waals surface area (Å²) in [7, 11) is 1.30. The minimum atomic E-state index is -0.551. The number of nitrogens with one attached hydrogen (secondary N) is 2. The zero-order valence-electron chi connectivity index (χ0n) is 7.87. The Morgan fingerprint density at radius 2 is 2.40 bits per heavy atom. The fourth-order valence-corrected chi connectivity index (χ4v) is 1.66. The van der Waals surface area contributed by atoms with Gasteiger partial charge < -0.3 is 9.72 Å². The predicted molar refractivity (Wildman–Crippen MR) is 59.8 cm³/mol. The van der Waals surface area contributed by atoms with Crippen molar-refractivity contribution in [1.29, 1.82) is 0 Å². The largest absolute Gasteiger partial charge is 0.453 e. The highest BCUT2D eigenvalue weighted by Crippen LogP contribution is 2.22. The number of imidazole rings is 1. The molecule has 0 fully saturated rings. The number of hydrogen-bond acceptors (Lipinski definition) is 3. The Kier molecular flexibility index (Phi) is 2.59. The van der Waals surface area contributed by atoms with E-state index in [1.54, 1.807) is 0 Å². The van der Waals surface area contributed by atoms with E-state index in [-0.39, 0.29) is 0 Å². The third-order valence-corrected chi connectivity index (χ3v) is 2.51. The number of aromatic amines is 1. The van der Waals surface area contributed by atoms with Crippen LogP contribution in [0, 0.1) is 0 Å². The molecule has 2 N–H and O–H groups in total. The molecule has 1 amide bonds. The molecule has 2 aromatic rings. The number of carbonyl (C=O) groups is 1. The van der Waals surface area contributed by atoms with Crippen molar-refractivity contribution in [3.63, 3.8) is 0 Å². The van der Waals surface area contributed by atoms with Crippen molar-refractivity contribution < 1.29 is 9.53 Å². The maximum absolute atomic E-state index is 10.9. The summed E-state index contributed by atoms with van der Waals surface area (Å²) in [4.78, 5) is 18.1. The van der Waals surface area contributed by atoms with E-state index in [1.165, 1.54) is 7.11 Å². The molecular formula is C9H8BrN3O2. The highest BCUT2D eigenvalue weighted by Gasteiger charge is 2.07. The van der Waals surface area contributed by atoms with Gasteiger partial charge in [0, 0.05) is 4.47 Å². The average Bonchev–Trinajstić information content (AvgIpc) is 2.62. The maximum Gasteiger partial charge on any atom is 0.413 e. The number of anilines is 1. The smallest absolute Gasteiger partial charge is 0.413 e. The summed E-state index contributed by atoms with van der Waals surface area (Å²) < 4.78 is 5.33. The number of carbonyl (C=O) groups excluding carboxylic acids is 1. The molecule has 0 unspecified atom stereocenters. The number of fused-ring (bicyclic) bond motifs is 1. The highest BCUT2D eigenvalue weighted by molar-refractivity contribution is 9.10. The van der Waals surface area contributed by atoms with E-state index < -0.39 is 6.09 Å². The van der Waals surface area contributed by atoms with E-state index in [4.69, 9.17) is 0 Å². The second kappa shape index (κ2) is 3.90. The van der Waals surface area contributed by atoms with Gasteiger partial charge in [-0.15, -0.1) is 0 Å². The Labute approximate surface area is 94.0 Å². The van der Waals surface area contributed by atoms with Gasteiger partial charge in [0.1, 0.15) is 5.52 Å². The fraction of sp³-hybridized carbons (Fsp3) is 0.111. The minimum absolute atomic E-state index is 0.365. The molecule has 0 aliphatic rings. The molecule has 78 valence electrons. The van der Waals surface area contributed by atoms with Gasteiger partial charge in [-0.2, -0.15) is 0 Å². The van der Waals surface area contributed by atoms with Crippen molar-refractivity contribution in [2.45, 2.75) is 0 Å². The van der Waals surface area contributed by atoms with Gasteiger partial charge in [-0.05, 0) is 28.1 Å². The zero-order chi connectivity index (χ0) is 10.8. The van der Waals surface area contributed by atoms with E-state index in [0.717, 1.165) is 15.5 Å². The molecular weight excluding hydrogens is 262 g/mol. The number of nitrogens with zero attached hydrogens (tertiary/aromatic N) is 1. The lowest BCUT2D eigenvalue weighted by atomic mass is 10.3. The predicted octanol–water partition coefficient (Wildman–Crippen LogP) is 2.50. The third-order valence-electron chi connectivity index (χ3n) is 1.87. The molecule has 2 rings (SSSR count). The van der Waals surface area contributed by atoms with Gasteiger partial charge in [0.25, 0.3) is 0 Å². The van der Waals surface area contributed by atoms with E-state index in [0.29, 0.717) is 5.95 Å². The number of ether oxygens (including phenoxy) is 1. The molecule has 1 heterocycles. The van der Waals surface area contributed by atoms with Crippen LogP contribution in [0.1, 0.15) is 0 Å². The average molecular weight is 270 g/mol. The van der Waals surface area contributed by atoms with Crippen molar-refractivity contribution in [1.82, 2.24) is 9.97 Å². The van der Waals surface area contributed by atoms with Crippen molar-refractivity contribution in [3.05, 3.63) is 22.7 Å². The van der Waals surface area contributed by atoms with Crippen LogP contribution < -0.4 is 5.32 Å². The van der Waals surface area contributed by atoms with Gasteiger partial charge in [-0.1, -0.05) is 6.07 Å². The van der Waals surface area contributed by atoms with Crippen molar-refractivity contribution in [3.8, 4) is 0 Å². The Balaban J connectivity index is 2.39. The lowest BCUT2D eigenvalue weighted by Gasteiger charge is -1.96. The molecule has 6 heteroatoms. The molecule has 0 saturated heterocycles. The number of amides is 1. The monoisotopic (exact) mass is 269 g/mol. The lowest BCUT2D eigenvalue weighted by molar-refractivity contribution is 0.186. The number of benzene rings is 1. The lowest BCUT2D eigenvalue weighted by Crippen LogP contribution is -2.11. The highest BCUT2D eigenvalue weighted by atomic mass is 79.9. The van der Waals surface area contributed by atoms with Gasteiger partial charge in [-0.25, -0.2) is 9.78 Å². The zero-order valence-corrected chi connectivity index (χ0v) is 9.46. The van der Waals surface area contributed by atoms with Crippen molar-refractivity contribution in [2.75, 3.05) is 12.4 Å². The van der Waals surface area contributed by atoms with Crippen molar-refractivity contribution in [2.24, 2.45) is 0 Å². The van der Waals surface area contributed by atoms with Crippen LogP contribution in [0.3, 0.4) is 0 Å². The summed E-state index contributed by atoms with van der Waals surface area (Å²) >= 11 is 3.37. The first-order chi connectivity index (χ1) is 7.20. The molecule has 0 radical (unpaired) electrons. The Bertz CT molecular complexity index is 509. The molecule has 0 spiro atoms. The van der Waals surface area contributed by atoms with Gasteiger partial charge in [-0.3, -0.25) is 5.32 Å². The summed E-state index contributed by atoms with van der Waals surface area (Å²) in [5, 5.41) is 2.46. The fourth-order valence-electron chi connectivity index (χ4n) is 1.20. The minimum Gasteiger partial charge on any atom is -0.453 e. The molecule has 15 heavy (non-hydrogen) atoms. The van der Waals surface area contributed by atoms with Crippen LogP contribution in [0.4, 0.5) is 10.7 Å². The Hall–Kier alpha value is -1.56.